The standard InChI is InChI=1S/C39H45FN6/c1-26(32-18-30(24-42-25-32)23-41-22-28-9-5-6-10-28)14-15-36-27(2)39(45-44-36)38-21-35-34(12-7-13-37(35)43-38)31-17-29(19-33(40)20-31)11-8-16-46(3)4/h7,12-15,17-21,24-25,28,41,43-44H,2,5-6,8-11,16,22-23H2,1,3-4H3/b26-14+,36-15+. The molecule has 3 N–H and O–H groups in total. The average Bonchev–Trinajstić information content (AvgIpc) is 3.80. The van der Waals surface area contributed by atoms with Gasteiger partial charge in [-0.25, -0.2) is 4.39 Å². The quantitative estimate of drug-likeness (QED) is 0.144. The van der Waals surface area contributed by atoms with Gasteiger partial charge in [-0.05, 0) is 136 Å². The van der Waals surface area contributed by atoms with E-state index in [1.54, 1.807) is 12.1 Å². The predicted octanol–water partition coefficient (Wildman–Crippen LogP) is 6.83. The first kappa shape index (κ1) is 31.6. The minimum absolute atomic E-state index is 0.209. The highest BCUT2D eigenvalue weighted by Crippen LogP contribution is 2.32. The van der Waals surface area contributed by atoms with Crippen LogP contribution < -0.4 is 15.9 Å². The summed E-state index contributed by atoms with van der Waals surface area (Å²) in [6, 6.07) is 15.8. The maximum absolute atomic E-state index is 14.7. The van der Waals surface area contributed by atoms with E-state index in [1.807, 2.05) is 30.6 Å². The van der Waals surface area contributed by atoms with E-state index < -0.39 is 0 Å². The van der Waals surface area contributed by atoms with E-state index in [0.29, 0.717) is 0 Å². The molecule has 46 heavy (non-hydrogen) atoms. The van der Waals surface area contributed by atoms with Crippen LogP contribution in [-0.2, 0) is 13.0 Å². The number of H-pyrrole nitrogens is 2. The van der Waals surface area contributed by atoms with Gasteiger partial charge in [-0.1, -0.05) is 43.7 Å². The maximum Gasteiger partial charge on any atom is 0.124 e. The largest absolute Gasteiger partial charge is 0.353 e. The molecule has 7 heteroatoms. The maximum atomic E-state index is 14.7. The summed E-state index contributed by atoms with van der Waals surface area (Å²) >= 11 is 0. The highest BCUT2D eigenvalue weighted by molar-refractivity contribution is 5.98. The van der Waals surface area contributed by atoms with E-state index >= 15 is 0 Å². The van der Waals surface area contributed by atoms with Crippen LogP contribution in [0.25, 0.3) is 51.6 Å². The minimum atomic E-state index is -0.209. The van der Waals surface area contributed by atoms with Gasteiger partial charge in [-0.2, -0.15) is 5.10 Å². The summed E-state index contributed by atoms with van der Waals surface area (Å²) in [5.41, 5.74) is 8.90. The van der Waals surface area contributed by atoms with Gasteiger partial charge in [0.05, 0.1) is 11.0 Å². The fourth-order valence-corrected chi connectivity index (χ4v) is 6.56. The summed E-state index contributed by atoms with van der Waals surface area (Å²) in [6.07, 6.45) is 15.2. The molecule has 2 aromatic carbocycles. The summed E-state index contributed by atoms with van der Waals surface area (Å²) in [6.45, 7) is 9.35. The van der Waals surface area contributed by atoms with Crippen molar-refractivity contribution in [2.24, 2.45) is 5.92 Å². The number of pyridine rings is 1. The van der Waals surface area contributed by atoms with E-state index in [9.17, 15) is 4.39 Å². The van der Waals surface area contributed by atoms with Crippen molar-refractivity contribution < 1.29 is 4.39 Å². The van der Waals surface area contributed by atoms with Crippen LogP contribution in [0.1, 0.15) is 55.7 Å². The molecule has 1 aliphatic carbocycles. The number of fused-ring (bicyclic) bond motifs is 1. The van der Waals surface area contributed by atoms with Crippen molar-refractivity contribution in [1.82, 2.24) is 30.4 Å². The second-order valence-electron chi connectivity index (χ2n) is 13.0. The van der Waals surface area contributed by atoms with Crippen molar-refractivity contribution in [3.63, 3.8) is 0 Å². The Bertz CT molecular complexity index is 1940. The first-order chi connectivity index (χ1) is 22.3. The fraction of sp³-hybridized carbons (Fsp3) is 0.333. The Labute approximate surface area is 271 Å². The van der Waals surface area contributed by atoms with Crippen LogP contribution in [0.15, 0.2) is 67.0 Å². The Morgan fingerprint density at radius 1 is 1.09 bits per heavy atom. The smallest absolute Gasteiger partial charge is 0.124 e. The van der Waals surface area contributed by atoms with Crippen LogP contribution in [0.2, 0.25) is 0 Å². The lowest BCUT2D eigenvalue weighted by Gasteiger charge is -2.11. The molecule has 0 spiro atoms. The molecule has 5 aromatic rings. The van der Waals surface area contributed by atoms with Crippen molar-refractivity contribution in [3.05, 3.63) is 100 Å². The topological polar surface area (TPSA) is 72.6 Å². The van der Waals surface area contributed by atoms with Crippen LogP contribution in [0.4, 0.5) is 4.39 Å². The van der Waals surface area contributed by atoms with Gasteiger partial charge < -0.3 is 15.2 Å². The number of nitrogens with one attached hydrogen (secondary N) is 3. The average molecular weight is 617 g/mol. The number of aromatic amines is 2. The molecule has 0 atom stereocenters. The molecule has 1 aliphatic rings. The molecule has 0 aliphatic heterocycles. The number of hydrogen-bond acceptors (Lipinski definition) is 4. The summed E-state index contributed by atoms with van der Waals surface area (Å²) < 4.78 is 14.7. The first-order valence-corrected chi connectivity index (χ1v) is 16.5. The van der Waals surface area contributed by atoms with E-state index in [4.69, 9.17) is 0 Å². The number of hydrogen-bond donors (Lipinski definition) is 3. The third-order valence-corrected chi connectivity index (χ3v) is 9.14. The molecular weight excluding hydrogens is 571 g/mol. The molecule has 0 saturated heterocycles. The molecule has 0 bridgehead atoms. The van der Waals surface area contributed by atoms with Crippen molar-refractivity contribution in [2.75, 3.05) is 27.2 Å². The molecule has 3 heterocycles. The number of aryl methyl sites for hydroxylation is 1. The molecule has 0 radical (unpaired) electrons. The molecule has 1 fully saturated rings. The summed E-state index contributed by atoms with van der Waals surface area (Å²) in [4.78, 5) is 10.2. The highest BCUT2D eigenvalue weighted by Gasteiger charge is 2.15. The third kappa shape index (κ3) is 7.54. The molecule has 0 amide bonds. The lowest BCUT2D eigenvalue weighted by molar-refractivity contribution is 0.400. The second-order valence-corrected chi connectivity index (χ2v) is 13.0. The van der Waals surface area contributed by atoms with E-state index in [1.165, 1.54) is 31.2 Å². The molecule has 3 aromatic heterocycles. The Morgan fingerprint density at radius 2 is 1.93 bits per heavy atom. The van der Waals surface area contributed by atoms with Crippen LogP contribution in [0.3, 0.4) is 0 Å². The Kier molecular flexibility index (Phi) is 9.91. The first-order valence-electron chi connectivity index (χ1n) is 16.5. The van der Waals surface area contributed by atoms with Crippen molar-refractivity contribution in [2.45, 2.75) is 52.0 Å². The van der Waals surface area contributed by atoms with Gasteiger partial charge in [-0.15, -0.1) is 0 Å². The third-order valence-electron chi connectivity index (χ3n) is 9.14. The normalized spacial score (nSPS) is 14.7. The molecular formula is C39H45FN6. The van der Waals surface area contributed by atoms with Crippen LogP contribution >= 0.6 is 0 Å². The number of allylic oxidation sites excluding steroid dienone is 2. The SMILES string of the molecule is C=c1c(-c2cc3c(-c4cc(F)cc(CCCN(C)C)c4)cccc3[nH]2)n[nH]/c1=C/C=C(\C)c1cncc(CNCC2CCCC2)c1. The number of benzene rings is 2. The monoisotopic (exact) mass is 616 g/mol. The highest BCUT2D eigenvalue weighted by atomic mass is 19.1. The van der Waals surface area contributed by atoms with Crippen LogP contribution in [0, 0.1) is 11.7 Å². The Hall–Kier alpha value is -4.33. The van der Waals surface area contributed by atoms with E-state index in [2.05, 4.69) is 88.3 Å². The van der Waals surface area contributed by atoms with Gasteiger partial charge >= 0.3 is 0 Å². The van der Waals surface area contributed by atoms with Crippen molar-refractivity contribution >= 4 is 29.1 Å². The molecule has 6 rings (SSSR count). The summed E-state index contributed by atoms with van der Waals surface area (Å²) in [5, 5.41) is 14.1. The van der Waals surface area contributed by atoms with Crippen molar-refractivity contribution in [1.29, 1.82) is 0 Å². The summed E-state index contributed by atoms with van der Waals surface area (Å²) in [5.74, 6) is 0.610. The van der Waals surface area contributed by atoms with E-state index in [0.717, 1.165) is 99.1 Å². The summed E-state index contributed by atoms with van der Waals surface area (Å²) in [7, 11) is 4.12. The molecule has 1 saturated carbocycles. The Balaban J connectivity index is 1.21. The zero-order valence-electron chi connectivity index (χ0n) is 27.3. The number of rotatable bonds is 12. The zero-order chi connectivity index (χ0) is 32.0. The second kappa shape index (κ2) is 14.4. The van der Waals surface area contributed by atoms with Crippen LogP contribution in [-0.4, -0.2) is 52.3 Å². The Morgan fingerprint density at radius 3 is 2.76 bits per heavy atom. The molecule has 6 nitrogen and oxygen atoms in total. The van der Waals surface area contributed by atoms with E-state index in [-0.39, 0.29) is 5.82 Å². The van der Waals surface area contributed by atoms with Crippen LogP contribution in [0.5, 0.6) is 0 Å². The van der Waals surface area contributed by atoms with Gasteiger partial charge in [0.25, 0.3) is 0 Å². The number of halogens is 1. The fourth-order valence-electron chi connectivity index (χ4n) is 6.56. The zero-order valence-corrected chi connectivity index (χ0v) is 27.3. The number of nitrogens with zero attached hydrogens (tertiary/aromatic N) is 3. The minimum Gasteiger partial charge on any atom is -0.353 e. The lowest BCUT2D eigenvalue weighted by atomic mass is 9.98. The molecule has 238 valence electrons. The van der Waals surface area contributed by atoms with Gasteiger partial charge in [0, 0.05) is 35.1 Å². The predicted molar refractivity (Wildman–Crippen MR) is 189 cm³/mol. The lowest BCUT2D eigenvalue weighted by Crippen LogP contribution is -2.21. The van der Waals surface area contributed by atoms with Gasteiger partial charge in [0.15, 0.2) is 0 Å². The number of aromatic nitrogens is 4. The molecule has 0 unspecified atom stereocenters. The van der Waals surface area contributed by atoms with Crippen molar-refractivity contribution in [3.8, 4) is 22.5 Å². The van der Waals surface area contributed by atoms with Gasteiger partial charge in [-0.3, -0.25) is 10.1 Å². The van der Waals surface area contributed by atoms with Gasteiger partial charge in [0.2, 0.25) is 0 Å². The van der Waals surface area contributed by atoms with Gasteiger partial charge in [0.1, 0.15) is 11.5 Å².